The van der Waals surface area contributed by atoms with Gasteiger partial charge in [0.2, 0.25) is 5.75 Å². The number of aromatic hydroxyl groups is 1. The minimum Gasteiger partial charge on any atom is -0.502 e. The van der Waals surface area contributed by atoms with Crippen LogP contribution in [0.1, 0.15) is 15.9 Å². The molecule has 1 N–H and O–H groups in total. The van der Waals surface area contributed by atoms with Gasteiger partial charge in [0.25, 0.3) is 0 Å². The third-order valence-corrected chi connectivity index (χ3v) is 3.65. The van der Waals surface area contributed by atoms with Gasteiger partial charge in [0.05, 0.1) is 21.3 Å². The van der Waals surface area contributed by atoms with Crippen LogP contribution in [0.15, 0.2) is 42.5 Å². The number of phenolic OH excluding ortho intramolecular Hbond substituents is 1. The van der Waals surface area contributed by atoms with Gasteiger partial charge in [0, 0.05) is 11.6 Å². The highest BCUT2D eigenvalue weighted by atomic mass is 16.5. The van der Waals surface area contributed by atoms with Crippen LogP contribution < -0.4 is 14.2 Å². The van der Waals surface area contributed by atoms with E-state index in [2.05, 4.69) is 0 Å². The van der Waals surface area contributed by atoms with Gasteiger partial charge in [0.1, 0.15) is 5.75 Å². The third kappa shape index (κ3) is 5.24. The molecule has 0 heterocycles. The Labute approximate surface area is 156 Å². The second-order valence-corrected chi connectivity index (χ2v) is 5.37. The fourth-order valence-electron chi connectivity index (χ4n) is 2.24. The topological polar surface area (TPSA) is 91.3 Å². The zero-order valence-electron chi connectivity index (χ0n) is 15.2. The lowest BCUT2D eigenvalue weighted by atomic mass is 10.1. The molecular formula is C20H20O7. The molecule has 0 unspecified atom stereocenters. The summed E-state index contributed by atoms with van der Waals surface area (Å²) in [5.74, 6) is -0.210. The first-order valence-corrected chi connectivity index (χ1v) is 7.95. The van der Waals surface area contributed by atoms with Gasteiger partial charge in [-0.1, -0.05) is 12.1 Å². The van der Waals surface area contributed by atoms with Crippen molar-refractivity contribution >= 4 is 17.8 Å². The lowest BCUT2D eigenvalue weighted by molar-refractivity contribution is -0.136. The number of benzene rings is 2. The van der Waals surface area contributed by atoms with E-state index in [0.717, 1.165) is 0 Å². The quantitative estimate of drug-likeness (QED) is 0.433. The Balaban J connectivity index is 2.00. The number of Topliss-reactive ketones (excluding diaryl/α,β-unsaturated/α-hetero) is 1. The van der Waals surface area contributed by atoms with Crippen LogP contribution in [-0.2, 0) is 9.53 Å². The van der Waals surface area contributed by atoms with E-state index in [1.165, 1.54) is 45.6 Å². The minimum atomic E-state index is -0.683. The molecule has 142 valence electrons. The summed E-state index contributed by atoms with van der Waals surface area (Å²) in [6.07, 6.45) is 2.63. The molecule has 27 heavy (non-hydrogen) atoms. The van der Waals surface area contributed by atoms with Gasteiger partial charge in [-0.3, -0.25) is 4.79 Å². The van der Waals surface area contributed by atoms with Gasteiger partial charge < -0.3 is 24.1 Å². The summed E-state index contributed by atoms with van der Waals surface area (Å²) >= 11 is 0. The van der Waals surface area contributed by atoms with Crippen LogP contribution in [0.5, 0.6) is 23.0 Å². The Kier molecular flexibility index (Phi) is 6.82. The van der Waals surface area contributed by atoms with Gasteiger partial charge in [0.15, 0.2) is 23.9 Å². The van der Waals surface area contributed by atoms with Gasteiger partial charge in [-0.2, -0.15) is 0 Å². The lowest BCUT2D eigenvalue weighted by Crippen LogP contribution is -2.12. The molecule has 0 amide bonds. The maximum absolute atomic E-state index is 12.1. The number of carbonyl (C=O) groups excluding carboxylic acids is 2. The van der Waals surface area contributed by atoms with Crippen molar-refractivity contribution in [1.29, 1.82) is 0 Å². The predicted octanol–water partition coefficient (Wildman–Crippen LogP) is 2.86. The standard InChI is InChI=1S/C20H20O7/c1-24-15-6-4-5-14(11-15)16(21)12-27-19(22)8-7-13-9-17(25-2)20(23)18(10-13)26-3/h4-11,23H,12H2,1-3H3. The Hall–Kier alpha value is -3.48. The number of methoxy groups -OCH3 is 3. The van der Waals surface area contributed by atoms with Gasteiger partial charge in [-0.05, 0) is 35.9 Å². The highest BCUT2D eigenvalue weighted by Crippen LogP contribution is 2.37. The maximum atomic E-state index is 12.1. The highest BCUT2D eigenvalue weighted by molar-refractivity contribution is 5.99. The molecule has 0 saturated heterocycles. The molecule has 2 rings (SSSR count). The van der Waals surface area contributed by atoms with Crippen molar-refractivity contribution in [3.05, 3.63) is 53.6 Å². The van der Waals surface area contributed by atoms with Crippen molar-refractivity contribution in [1.82, 2.24) is 0 Å². The van der Waals surface area contributed by atoms with E-state index in [1.54, 1.807) is 24.3 Å². The molecule has 0 saturated carbocycles. The Morgan fingerprint density at radius 3 is 2.26 bits per heavy atom. The number of hydrogen-bond donors (Lipinski definition) is 1. The van der Waals surface area contributed by atoms with Crippen molar-refractivity contribution in [3.8, 4) is 23.0 Å². The van der Waals surface area contributed by atoms with Crippen LogP contribution in [0.2, 0.25) is 0 Å². The fourth-order valence-corrected chi connectivity index (χ4v) is 2.24. The molecule has 7 heteroatoms. The van der Waals surface area contributed by atoms with Crippen molar-refractivity contribution in [2.45, 2.75) is 0 Å². The largest absolute Gasteiger partial charge is 0.502 e. The number of esters is 1. The van der Waals surface area contributed by atoms with E-state index >= 15 is 0 Å². The highest BCUT2D eigenvalue weighted by Gasteiger charge is 2.11. The van der Waals surface area contributed by atoms with E-state index in [0.29, 0.717) is 16.9 Å². The molecule has 0 spiro atoms. The Morgan fingerprint density at radius 1 is 1.00 bits per heavy atom. The maximum Gasteiger partial charge on any atom is 0.331 e. The molecule has 2 aromatic carbocycles. The Bertz CT molecular complexity index is 830. The zero-order chi connectivity index (χ0) is 19.8. The summed E-state index contributed by atoms with van der Waals surface area (Å²) in [7, 11) is 4.31. The molecule has 2 aromatic rings. The minimum absolute atomic E-state index is 0.136. The monoisotopic (exact) mass is 372 g/mol. The summed E-state index contributed by atoms with van der Waals surface area (Å²) in [6.45, 7) is -0.390. The molecule has 0 aromatic heterocycles. The molecular weight excluding hydrogens is 352 g/mol. The van der Waals surface area contributed by atoms with Crippen LogP contribution in [0.25, 0.3) is 6.08 Å². The van der Waals surface area contributed by atoms with Crippen molar-refractivity contribution in [3.63, 3.8) is 0 Å². The molecule has 0 fully saturated rings. The third-order valence-electron chi connectivity index (χ3n) is 3.65. The number of ether oxygens (including phenoxy) is 4. The van der Waals surface area contributed by atoms with Crippen molar-refractivity contribution < 1.29 is 33.6 Å². The van der Waals surface area contributed by atoms with E-state index in [-0.39, 0.29) is 23.0 Å². The number of ketones is 1. The van der Waals surface area contributed by atoms with E-state index in [9.17, 15) is 14.7 Å². The normalized spacial score (nSPS) is 10.5. The van der Waals surface area contributed by atoms with Gasteiger partial charge >= 0.3 is 5.97 Å². The second-order valence-electron chi connectivity index (χ2n) is 5.37. The molecule has 0 bridgehead atoms. The lowest BCUT2D eigenvalue weighted by Gasteiger charge is -2.09. The van der Waals surface area contributed by atoms with Crippen LogP contribution in [0.3, 0.4) is 0 Å². The van der Waals surface area contributed by atoms with Gasteiger partial charge in [-0.15, -0.1) is 0 Å². The number of carbonyl (C=O) groups is 2. The van der Waals surface area contributed by atoms with E-state index in [4.69, 9.17) is 18.9 Å². The number of hydrogen-bond acceptors (Lipinski definition) is 7. The smallest absolute Gasteiger partial charge is 0.331 e. The molecule has 0 atom stereocenters. The Morgan fingerprint density at radius 2 is 1.67 bits per heavy atom. The first-order valence-electron chi connectivity index (χ1n) is 7.95. The van der Waals surface area contributed by atoms with E-state index < -0.39 is 12.6 Å². The van der Waals surface area contributed by atoms with Crippen LogP contribution >= 0.6 is 0 Å². The first-order chi connectivity index (χ1) is 13.0. The number of phenols is 1. The molecule has 0 aliphatic carbocycles. The number of rotatable bonds is 8. The molecule has 0 aliphatic heterocycles. The molecule has 0 aliphatic rings. The van der Waals surface area contributed by atoms with Crippen molar-refractivity contribution in [2.75, 3.05) is 27.9 Å². The summed E-state index contributed by atoms with van der Waals surface area (Å²) in [5.41, 5.74) is 0.941. The molecule has 7 nitrogen and oxygen atoms in total. The predicted molar refractivity (Wildman–Crippen MR) is 98.5 cm³/mol. The van der Waals surface area contributed by atoms with Gasteiger partial charge in [-0.25, -0.2) is 4.79 Å². The van der Waals surface area contributed by atoms with Crippen LogP contribution in [0, 0.1) is 0 Å². The van der Waals surface area contributed by atoms with Crippen LogP contribution in [0.4, 0.5) is 0 Å². The summed E-state index contributed by atoms with van der Waals surface area (Å²) < 4.78 is 20.1. The summed E-state index contributed by atoms with van der Waals surface area (Å²) in [6, 6.07) is 9.64. The summed E-state index contributed by atoms with van der Waals surface area (Å²) in [4.78, 5) is 23.9. The SMILES string of the molecule is COc1cccc(C(=O)COC(=O)C=Cc2cc(OC)c(O)c(OC)c2)c1. The first kappa shape index (κ1) is 19.8. The van der Waals surface area contributed by atoms with Crippen molar-refractivity contribution in [2.24, 2.45) is 0 Å². The average Bonchev–Trinajstić information content (AvgIpc) is 2.71. The van der Waals surface area contributed by atoms with Crippen LogP contribution in [-0.4, -0.2) is 44.8 Å². The fraction of sp³-hybridized carbons (Fsp3) is 0.200. The zero-order valence-corrected chi connectivity index (χ0v) is 15.2. The summed E-state index contributed by atoms with van der Waals surface area (Å²) in [5, 5.41) is 9.87. The second kappa shape index (κ2) is 9.28. The average molecular weight is 372 g/mol. The molecule has 0 radical (unpaired) electrons. The van der Waals surface area contributed by atoms with E-state index in [1.807, 2.05) is 0 Å².